The number of pyridine rings is 1. The summed E-state index contributed by atoms with van der Waals surface area (Å²) in [7, 11) is 0. The van der Waals surface area contributed by atoms with Crippen molar-refractivity contribution in [3.8, 4) is 0 Å². The highest BCUT2D eigenvalue weighted by Gasteiger charge is 2.28. The van der Waals surface area contributed by atoms with Gasteiger partial charge < -0.3 is 15.1 Å². The molecule has 0 spiro atoms. The number of rotatable bonds is 5. The molecule has 2 aliphatic heterocycles. The van der Waals surface area contributed by atoms with Gasteiger partial charge in [0.05, 0.1) is 0 Å². The summed E-state index contributed by atoms with van der Waals surface area (Å²) in [6, 6.07) is 4.04. The maximum Gasteiger partial charge on any atom is 0.225 e. The molecule has 0 aromatic carbocycles. The van der Waals surface area contributed by atoms with E-state index in [4.69, 9.17) is 0 Å². The highest BCUT2D eigenvalue weighted by Crippen LogP contribution is 2.20. The van der Waals surface area contributed by atoms with E-state index in [9.17, 15) is 9.59 Å². The van der Waals surface area contributed by atoms with Crippen molar-refractivity contribution in [1.29, 1.82) is 0 Å². The van der Waals surface area contributed by atoms with Crippen LogP contribution in [0.5, 0.6) is 0 Å². The molecule has 0 bridgehead atoms. The lowest BCUT2D eigenvalue weighted by atomic mass is 9.95. The molecule has 6 nitrogen and oxygen atoms in total. The van der Waals surface area contributed by atoms with Gasteiger partial charge in [0, 0.05) is 50.8 Å². The smallest absolute Gasteiger partial charge is 0.225 e. The van der Waals surface area contributed by atoms with Crippen LogP contribution in [0, 0.1) is 11.8 Å². The van der Waals surface area contributed by atoms with Crippen molar-refractivity contribution < 1.29 is 9.59 Å². The summed E-state index contributed by atoms with van der Waals surface area (Å²) in [5, 5.41) is 3.06. The molecule has 142 valence electrons. The average molecular weight is 358 g/mol. The van der Waals surface area contributed by atoms with Gasteiger partial charge in [-0.05, 0) is 43.4 Å². The zero-order chi connectivity index (χ0) is 18.5. The summed E-state index contributed by atoms with van der Waals surface area (Å²) < 4.78 is 0. The first-order valence-electron chi connectivity index (χ1n) is 9.81. The third-order valence-corrected chi connectivity index (χ3v) is 5.38. The van der Waals surface area contributed by atoms with Crippen LogP contribution in [0.15, 0.2) is 18.3 Å². The quantitative estimate of drug-likeness (QED) is 0.876. The Morgan fingerprint density at radius 2 is 1.88 bits per heavy atom. The van der Waals surface area contributed by atoms with E-state index in [1.165, 1.54) is 12.8 Å². The van der Waals surface area contributed by atoms with E-state index in [1.807, 2.05) is 31.0 Å². The third-order valence-electron chi connectivity index (χ3n) is 5.38. The summed E-state index contributed by atoms with van der Waals surface area (Å²) in [5.74, 6) is 1.33. The minimum atomic E-state index is 0.00565. The summed E-state index contributed by atoms with van der Waals surface area (Å²) in [6.07, 6.45) is 5.77. The molecule has 3 heterocycles. The van der Waals surface area contributed by atoms with Gasteiger partial charge in [0.25, 0.3) is 0 Å². The van der Waals surface area contributed by atoms with Gasteiger partial charge in [0.2, 0.25) is 11.8 Å². The van der Waals surface area contributed by atoms with Crippen LogP contribution in [0.3, 0.4) is 0 Å². The number of amides is 2. The fourth-order valence-corrected chi connectivity index (χ4v) is 3.75. The van der Waals surface area contributed by atoms with Gasteiger partial charge in [-0.15, -0.1) is 0 Å². The number of carbonyl (C=O) groups is 2. The van der Waals surface area contributed by atoms with Crippen molar-refractivity contribution in [3.05, 3.63) is 23.9 Å². The molecule has 1 N–H and O–H groups in total. The number of anilines is 1. The second kappa shape index (κ2) is 8.52. The van der Waals surface area contributed by atoms with Crippen molar-refractivity contribution in [2.75, 3.05) is 31.1 Å². The van der Waals surface area contributed by atoms with Gasteiger partial charge >= 0.3 is 0 Å². The number of likely N-dealkylation sites (tertiary alicyclic amines) is 1. The lowest BCUT2D eigenvalue weighted by Crippen LogP contribution is -2.44. The van der Waals surface area contributed by atoms with Gasteiger partial charge in [-0.25, -0.2) is 4.98 Å². The molecule has 3 rings (SSSR count). The van der Waals surface area contributed by atoms with E-state index in [-0.39, 0.29) is 23.7 Å². The summed E-state index contributed by atoms with van der Waals surface area (Å²) in [6.45, 7) is 7.88. The van der Waals surface area contributed by atoms with E-state index < -0.39 is 0 Å². The fourth-order valence-electron chi connectivity index (χ4n) is 3.75. The highest BCUT2D eigenvalue weighted by atomic mass is 16.2. The molecule has 2 saturated heterocycles. The van der Waals surface area contributed by atoms with Crippen LogP contribution in [0.2, 0.25) is 0 Å². The first-order chi connectivity index (χ1) is 12.5. The average Bonchev–Trinajstić information content (AvgIpc) is 3.20. The summed E-state index contributed by atoms with van der Waals surface area (Å²) in [5.41, 5.74) is 1.09. The lowest BCUT2D eigenvalue weighted by molar-refractivity contribution is -0.138. The van der Waals surface area contributed by atoms with Gasteiger partial charge in [-0.1, -0.05) is 13.8 Å². The standard InChI is InChI=1S/C20H30N4O2/c1-15(2)20(26)24-11-6-17(7-12-24)19(25)22-14-16-5-8-21-18(13-16)23-9-3-4-10-23/h5,8,13,15,17H,3-4,6-7,9-12,14H2,1-2H3,(H,22,25). The number of hydrogen-bond acceptors (Lipinski definition) is 4. The molecule has 0 radical (unpaired) electrons. The molecule has 26 heavy (non-hydrogen) atoms. The molecule has 2 fully saturated rings. The fraction of sp³-hybridized carbons (Fsp3) is 0.650. The van der Waals surface area contributed by atoms with Crippen LogP contribution in [-0.4, -0.2) is 47.9 Å². The Bertz CT molecular complexity index is 632. The molecule has 0 atom stereocenters. The van der Waals surface area contributed by atoms with E-state index >= 15 is 0 Å². The van der Waals surface area contributed by atoms with Gasteiger partial charge in [0.15, 0.2) is 0 Å². The summed E-state index contributed by atoms with van der Waals surface area (Å²) in [4.78, 5) is 33.2. The van der Waals surface area contributed by atoms with Crippen molar-refractivity contribution in [3.63, 3.8) is 0 Å². The van der Waals surface area contributed by atoms with Crippen LogP contribution in [-0.2, 0) is 16.1 Å². The molecular formula is C20H30N4O2. The Hall–Kier alpha value is -2.11. The summed E-state index contributed by atoms with van der Waals surface area (Å²) >= 11 is 0. The van der Waals surface area contributed by atoms with Crippen molar-refractivity contribution in [2.24, 2.45) is 11.8 Å². The molecule has 0 aliphatic carbocycles. The third kappa shape index (κ3) is 4.54. The SMILES string of the molecule is CC(C)C(=O)N1CCC(C(=O)NCc2ccnc(N3CCCC3)c2)CC1. The first kappa shape index (κ1) is 18.7. The zero-order valence-corrected chi connectivity index (χ0v) is 15.9. The van der Waals surface area contributed by atoms with E-state index in [2.05, 4.69) is 21.3 Å². The van der Waals surface area contributed by atoms with E-state index in [0.717, 1.165) is 37.3 Å². The molecule has 0 unspecified atom stereocenters. The van der Waals surface area contributed by atoms with Crippen molar-refractivity contribution >= 4 is 17.6 Å². The number of nitrogens with zero attached hydrogens (tertiary/aromatic N) is 3. The van der Waals surface area contributed by atoms with Gasteiger partial charge in [0.1, 0.15) is 5.82 Å². The van der Waals surface area contributed by atoms with Crippen LogP contribution in [0.1, 0.15) is 45.1 Å². The highest BCUT2D eigenvalue weighted by molar-refractivity contribution is 5.80. The predicted molar refractivity (Wildman–Crippen MR) is 102 cm³/mol. The van der Waals surface area contributed by atoms with Crippen LogP contribution in [0.4, 0.5) is 5.82 Å². The number of piperidine rings is 1. The molecular weight excluding hydrogens is 328 g/mol. The molecule has 6 heteroatoms. The number of carbonyl (C=O) groups excluding carboxylic acids is 2. The van der Waals surface area contributed by atoms with Gasteiger partial charge in [-0.2, -0.15) is 0 Å². The molecule has 0 saturated carbocycles. The van der Waals surface area contributed by atoms with Gasteiger partial charge in [-0.3, -0.25) is 9.59 Å². The minimum Gasteiger partial charge on any atom is -0.357 e. The minimum absolute atomic E-state index is 0.00565. The molecule has 2 amide bonds. The van der Waals surface area contributed by atoms with Crippen LogP contribution < -0.4 is 10.2 Å². The largest absolute Gasteiger partial charge is 0.357 e. The van der Waals surface area contributed by atoms with E-state index in [0.29, 0.717) is 19.6 Å². The molecule has 2 aliphatic rings. The normalized spacial score (nSPS) is 18.4. The lowest BCUT2D eigenvalue weighted by Gasteiger charge is -2.32. The van der Waals surface area contributed by atoms with Crippen molar-refractivity contribution in [1.82, 2.24) is 15.2 Å². The Morgan fingerprint density at radius 3 is 2.54 bits per heavy atom. The Morgan fingerprint density at radius 1 is 1.19 bits per heavy atom. The number of hydrogen-bond donors (Lipinski definition) is 1. The Balaban J connectivity index is 1.47. The number of nitrogens with one attached hydrogen (secondary N) is 1. The zero-order valence-electron chi connectivity index (χ0n) is 15.9. The Kier molecular flexibility index (Phi) is 6.12. The maximum atomic E-state index is 12.5. The Labute approximate surface area is 156 Å². The second-order valence-corrected chi connectivity index (χ2v) is 7.69. The van der Waals surface area contributed by atoms with E-state index in [1.54, 1.807) is 0 Å². The molecule has 1 aromatic heterocycles. The maximum absolute atomic E-state index is 12.5. The number of aromatic nitrogens is 1. The first-order valence-corrected chi connectivity index (χ1v) is 9.81. The van der Waals surface area contributed by atoms with Crippen molar-refractivity contribution in [2.45, 2.75) is 46.1 Å². The van der Waals surface area contributed by atoms with Crippen LogP contribution >= 0.6 is 0 Å². The monoisotopic (exact) mass is 358 g/mol. The topological polar surface area (TPSA) is 65.5 Å². The predicted octanol–water partition coefficient (Wildman–Crippen LogP) is 2.19. The molecule has 1 aromatic rings. The second-order valence-electron chi connectivity index (χ2n) is 7.69. The van der Waals surface area contributed by atoms with Crippen LogP contribution in [0.25, 0.3) is 0 Å².